The first-order valence-corrected chi connectivity index (χ1v) is 9.78. The van der Waals surface area contributed by atoms with Gasteiger partial charge in [-0.3, -0.25) is 14.9 Å². The Bertz CT molecular complexity index is 1040. The van der Waals surface area contributed by atoms with Gasteiger partial charge >= 0.3 is 0 Å². The highest BCUT2D eigenvalue weighted by molar-refractivity contribution is 7.16. The van der Waals surface area contributed by atoms with Gasteiger partial charge in [0, 0.05) is 33.3 Å². The Hall–Kier alpha value is -2.96. The summed E-state index contributed by atoms with van der Waals surface area (Å²) in [6.07, 6.45) is 3.71. The van der Waals surface area contributed by atoms with E-state index in [1.165, 1.54) is 35.6 Å². The average Bonchev–Trinajstić information content (AvgIpc) is 3.17. The fourth-order valence-corrected chi connectivity index (χ4v) is 3.76. The molecule has 0 amide bonds. The van der Waals surface area contributed by atoms with Crippen LogP contribution >= 0.6 is 22.9 Å². The van der Waals surface area contributed by atoms with E-state index in [2.05, 4.69) is 0 Å². The number of aromatic hydroxyl groups is 1. The number of thiophene rings is 1. The molecule has 0 atom stereocenters. The molecule has 28 heavy (non-hydrogen) atoms. The van der Waals surface area contributed by atoms with Crippen LogP contribution in [0, 0.1) is 10.1 Å². The highest BCUT2D eigenvalue weighted by Crippen LogP contribution is 2.30. The van der Waals surface area contributed by atoms with E-state index in [4.69, 9.17) is 11.6 Å². The molecule has 2 aromatic carbocycles. The van der Waals surface area contributed by atoms with Crippen molar-refractivity contribution in [2.75, 3.05) is 5.88 Å². The van der Waals surface area contributed by atoms with Crippen molar-refractivity contribution in [3.8, 4) is 16.2 Å². The molecule has 0 aliphatic heterocycles. The largest absolute Gasteiger partial charge is 0.508 e. The number of benzene rings is 2. The maximum absolute atomic E-state index is 12.4. The maximum atomic E-state index is 12.4. The zero-order chi connectivity index (χ0) is 20.1. The summed E-state index contributed by atoms with van der Waals surface area (Å²) in [5, 5.41) is 20.5. The minimum Gasteiger partial charge on any atom is -0.508 e. The number of ketones is 1. The fourth-order valence-electron chi connectivity index (χ4n) is 2.64. The van der Waals surface area contributed by atoms with Gasteiger partial charge in [0.2, 0.25) is 0 Å². The van der Waals surface area contributed by atoms with E-state index in [1.807, 2.05) is 12.1 Å². The van der Waals surface area contributed by atoms with E-state index in [9.17, 15) is 20.0 Å². The second-order valence-corrected chi connectivity index (χ2v) is 7.48. The third-order valence-electron chi connectivity index (χ3n) is 4.12. The van der Waals surface area contributed by atoms with E-state index in [1.54, 1.807) is 30.3 Å². The van der Waals surface area contributed by atoms with Gasteiger partial charge in [-0.1, -0.05) is 0 Å². The van der Waals surface area contributed by atoms with Gasteiger partial charge in [-0.2, -0.15) is 0 Å². The first kappa shape index (κ1) is 19.8. The van der Waals surface area contributed by atoms with Gasteiger partial charge in [-0.05, 0) is 72.2 Å². The fraction of sp³-hybridized carbons (Fsp3) is 0.0952. The summed E-state index contributed by atoms with van der Waals surface area (Å²) in [7, 11) is 0. The van der Waals surface area contributed by atoms with Gasteiger partial charge in [0.15, 0.2) is 5.78 Å². The van der Waals surface area contributed by atoms with Gasteiger partial charge in [0.1, 0.15) is 5.75 Å². The van der Waals surface area contributed by atoms with Gasteiger partial charge in [-0.25, -0.2) is 0 Å². The summed E-state index contributed by atoms with van der Waals surface area (Å²) in [5.41, 5.74) is 2.06. The number of alkyl halides is 1. The van der Waals surface area contributed by atoms with Gasteiger partial charge in [-0.15, -0.1) is 22.9 Å². The third-order valence-corrected chi connectivity index (χ3v) is 5.40. The standard InChI is InChI=1S/C21H16ClNO4S/c22-12-11-16-13-15(3-8-19(16)24)20(25)9-6-18-7-10-21(28-18)14-1-4-17(5-2-14)23(26)27/h1-10,13,24H,11-12H2. The van der Waals surface area contributed by atoms with Crippen LogP contribution in [-0.4, -0.2) is 21.7 Å². The zero-order valence-electron chi connectivity index (χ0n) is 14.7. The molecule has 0 spiro atoms. The molecule has 1 aromatic heterocycles. The van der Waals surface area contributed by atoms with Crippen LogP contribution in [0.5, 0.6) is 5.75 Å². The molecule has 1 heterocycles. The van der Waals surface area contributed by atoms with Crippen molar-refractivity contribution in [3.05, 3.63) is 86.8 Å². The number of phenols is 1. The first-order chi connectivity index (χ1) is 13.5. The van der Waals surface area contributed by atoms with Crippen molar-refractivity contribution in [2.24, 2.45) is 0 Å². The number of phenolic OH excluding ortho intramolecular Hbond substituents is 1. The highest BCUT2D eigenvalue weighted by atomic mass is 35.5. The first-order valence-electron chi connectivity index (χ1n) is 8.43. The van der Waals surface area contributed by atoms with Crippen LogP contribution in [-0.2, 0) is 6.42 Å². The number of halogens is 1. The Kier molecular flexibility index (Phi) is 6.23. The molecule has 3 rings (SSSR count). The van der Waals surface area contributed by atoms with Crippen LogP contribution in [0.1, 0.15) is 20.8 Å². The SMILES string of the molecule is O=C(C=Cc1ccc(-c2ccc([N+](=O)[O-])cc2)s1)c1ccc(O)c(CCCl)c1. The van der Waals surface area contributed by atoms with Crippen molar-refractivity contribution < 1.29 is 14.8 Å². The van der Waals surface area contributed by atoms with Crippen molar-refractivity contribution in [1.82, 2.24) is 0 Å². The predicted octanol–water partition coefficient (Wildman–Crippen LogP) is 5.71. The second kappa shape index (κ2) is 8.82. The predicted molar refractivity (Wildman–Crippen MR) is 112 cm³/mol. The van der Waals surface area contributed by atoms with Crippen molar-refractivity contribution in [1.29, 1.82) is 0 Å². The Balaban J connectivity index is 1.74. The van der Waals surface area contributed by atoms with E-state index < -0.39 is 4.92 Å². The molecule has 7 heteroatoms. The van der Waals surface area contributed by atoms with Gasteiger partial charge in [0.05, 0.1) is 4.92 Å². The molecular weight excluding hydrogens is 398 g/mol. The van der Waals surface area contributed by atoms with Gasteiger partial charge < -0.3 is 5.11 Å². The van der Waals surface area contributed by atoms with Crippen LogP contribution in [0.4, 0.5) is 5.69 Å². The van der Waals surface area contributed by atoms with Crippen LogP contribution in [0.15, 0.2) is 60.7 Å². The molecule has 0 fully saturated rings. The Morgan fingerprint density at radius 2 is 1.89 bits per heavy atom. The number of carbonyl (C=O) groups is 1. The number of nitro benzene ring substituents is 1. The summed E-state index contributed by atoms with van der Waals surface area (Å²) < 4.78 is 0. The molecule has 3 aromatic rings. The lowest BCUT2D eigenvalue weighted by Gasteiger charge is -2.04. The number of aryl methyl sites for hydroxylation is 1. The van der Waals surface area contributed by atoms with E-state index in [0.29, 0.717) is 23.4 Å². The number of nitrogens with zero attached hydrogens (tertiary/aromatic N) is 1. The molecule has 1 N–H and O–H groups in total. The second-order valence-electron chi connectivity index (χ2n) is 5.99. The van der Waals surface area contributed by atoms with Crippen LogP contribution in [0.3, 0.4) is 0 Å². The van der Waals surface area contributed by atoms with Crippen molar-refractivity contribution in [3.63, 3.8) is 0 Å². The molecule has 0 saturated carbocycles. The summed E-state index contributed by atoms with van der Waals surface area (Å²) in [6, 6.07) is 14.9. The van der Waals surface area contributed by atoms with E-state index >= 15 is 0 Å². The summed E-state index contributed by atoms with van der Waals surface area (Å²) in [6.45, 7) is 0. The van der Waals surface area contributed by atoms with Gasteiger partial charge in [0.25, 0.3) is 5.69 Å². The smallest absolute Gasteiger partial charge is 0.269 e. The number of nitro groups is 1. The average molecular weight is 414 g/mol. The molecule has 5 nitrogen and oxygen atoms in total. The van der Waals surface area contributed by atoms with Crippen molar-refractivity contribution >= 4 is 40.5 Å². The normalized spacial score (nSPS) is 11.0. The number of non-ortho nitro benzene ring substituents is 1. The highest BCUT2D eigenvalue weighted by Gasteiger charge is 2.09. The monoisotopic (exact) mass is 413 g/mol. The molecule has 0 aliphatic carbocycles. The molecule has 0 radical (unpaired) electrons. The zero-order valence-corrected chi connectivity index (χ0v) is 16.2. The molecule has 142 valence electrons. The lowest BCUT2D eigenvalue weighted by Crippen LogP contribution is -1.97. The van der Waals surface area contributed by atoms with Crippen LogP contribution in [0.25, 0.3) is 16.5 Å². The minimum absolute atomic E-state index is 0.0495. The third kappa shape index (κ3) is 4.65. The summed E-state index contributed by atoms with van der Waals surface area (Å²) >= 11 is 7.20. The Labute approximate surface area is 170 Å². The number of hydrogen-bond acceptors (Lipinski definition) is 5. The maximum Gasteiger partial charge on any atom is 0.269 e. The molecule has 0 aliphatic rings. The molecule has 0 unspecified atom stereocenters. The lowest BCUT2D eigenvalue weighted by molar-refractivity contribution is -0.384. The number of hydrogen-bond donors (Lipinski definition) is 1. The van der Waals surface area contributed by atoms with E-state index in [0.717, 1.165) is 15.3 Å². The molecule has 0 bridgehead atoms. The number of rotatable bonds is 7. The summed E-state index contributed by atoms with van der Waals surface area (Å²) in [4.78, 5) is 24.6. The van der Waals surface area contributed by atoms with Crippen molar-refractivity contribution in [2.45, 2.75) is 6.42 Å². The van der Waals surface area contributed by atoms with Crippen LogP contribution < -0.4 is 0 Å². The minimum atomic E-state index is -0.431. The topological polar surface area (TPSA) is 80.4 Å². The number of allylic oxidation sites excluding steroid dienone is 1. The summed E-state index contributed by atoms with van der Waals surface area (Å²) in [5.74, 6) is 0.329. The molecular formula is C21H16ClNO4S. The van der Waals surface area contributed by atoms with Crippen LogP contribution in [0.2, 0.25) is 0 Å². The molecule has 0 saturated heterocycles. The number of carbonyl (C=O) groups excluding carboxylic acids is 1. The Morgan fingerprint density at radius 1 is 1.14 bits per heavy atom. The Morgan fingerprint density at radius 3 is 2.57 bits per heavy atom. The van der Waals surface area contributed by atoms with E-state index in [-0.39, 0.29) is 17.2 Å². The quantitative estimate of drug-likeness (QED) is 0.177. The lowest BCUT2D eigenvalue weighted by atomic mass is 10.0.